The number of aliphatic hydroxyl groups excluding tert-OH is 1. The topological polar surface area (TPSA) is 75.0 Å². The number of nitrogens with zero attached hydrogens (tertiary/aromatic N) is 2. The second kappa shape index (κ2) is 5.88. The zero-order valence-electron chi connectivity index (χ0n) is 13.7. The molecule has 0 aliphatic carbocycles. The molecule has 2 fully saturated rings. The summed E-state index contributed by atoms with van der Waals surface area (Å²) in [6.45, 7) is 3.99. The lowest BCUT2D eigenvalue weighted by molar-refractivity contribution is -0.0415. The van der Waals surface area contributed by atoms with Crippen LogP contribution in [0.2, 0.25) is 0 Å². The fraction of sp³-hybridized carbons (Fsp3) is 0.500. The highest BCUT2D eigenvalue weighted by Gasteiger charge is 2.44. The van der Waals surface area contributed by atoms with E-state index < -0.39 is 17.8 Å². The third kappa shape index (κ3) is 2.81. The van der Waals surface area contributed by atoms with Crippen molar-refractivity contribution in [3.05, 3.63) is 30.3 Å². The van der Waals surface area contributed by atoms with Gasteiger partial charge in [-0.25, -0.2) is 4.98 Å². The standard InChI is InChI=1S/C18H22N2O4/c1-18(22)11-24-15(17(18)21)10-23-13-5-3-12-4-6-16(19-14(12)9-13)20-7-2-8-20/h3-6,9,15,17,21-22H,2,7-8,10-11H2,1H3. The number of fused-ring (bicyclic) bond motifs is 1. The van der Waals surface area contributed by atoms with Crippen molar-refractivity contribution in [1.29, 1.82) is 0 Å². The number of aliphatic hydroxyl groups is 2. The molecule has 2 saturated heterocycles. The molecule has 3 atom stereocenters. The minimum atomic E-state index is -1.22. The quantitative estimate of drug-likeness (QED) is 0.881. The Morgan fingerprint density at radius 1 is 1.33 bits per heavy atom. The summed E-state index contributed by atoms with van der Waals surface area (Å²) in [5, 5.41) is 21.0. The van der Waals surface area contributed by atoms with Gasteiger partial charge in [0.15, 0.2) is 0 Å². The number of rotatable bonds is 4. The minimum absolute atomic E-state index is 0.112. The average Bonchev–Trinajstić information content (AvgIpc) is 2.77. The molecule has 3 heterocycles. The predicted octanol–water partition coefficient (Wildman–Crippen LogP) is 1.33. The molecule has 0 bridgehead atoms. The van der Waals surface area contributed by atoms with Crippen molar-refractivity contribution >= 4 is 16.7 Å². The molecule has 2 N–H and O–H groups in total. The first-order valence-electron chi connectivity index (χ1n) is 8.33. The summed E-state index contributed by atoms with van der Waals surface area (Å²) in [4.78, 5) is 6.95. The van der Waals surface area contributed by atoms with Gasteiger partial charge < -0.3 is 24.6 Å². The molecule has 24 heavy (non-hydrogen) atoms. The molecule has 0 amide bonds. The van der Waals surface area contributed by atoms with Crippen molar-refractivity contribution in [2.24, 2.45) is 0 Å². The van der Waals surface area contributed by atoms with Gasteiger partial charge in [0.05, 0.1) is 12.1 Å². The Balaban J connectivity index is 1.48. The van der Waals surface area contributed by atoms with E-state index in [-0.39, 0.29) is 13.2 Å². The number of hydrogen-bond donors (Lipinski definition) is 2. The van der Waals surface area contributed by atoms with E-state index in [1.807, 2.05) is 24.3 Å². The van der Waals surface area contributed by atoms with Crippen molar-refractivity contribution < 1.29 is 19.7 Å². The molecule has 128 valence electrons. The molecule has 0 saturated carbocycles. The smallest absolute Gasteiger partial charge is 0.129 e. The van der Waals surface area contributed by atoms with Crippen LogP contribution < -0.4 is 9.64 Å². The summed E-state index contributed by atoms with van der Waals surface area (Å²) in [6, 6.07) is 9.87. The Kier molecular flexibility index (Phi) is 3.83. The Bertz CT molecular complexity index is 745. The van der Waals surface area contributed by atoms with Gasteiger partial charge in [-0.1, -0.05) is 0 Å². The van der Waals surface area contributed by atoms with Crippen LogP contribution in [0.5, 0.6) is 5.75 Å². The van der Waals surface area contributed by atoms with Crippen LogP contribution in [0.1, 0.15) is 13.3 Å². The average molecular weight is 330 g/mol. The van der Waals surface area contributed by atoms with Gasteiger partial charge in [-0.2, -0.15) is 0 Å². The molecule has 6 nitrogen and oxygen atoms in total. The first-order valence-corrected chi connectivity index (χ1v) is 8.33. The van der Waals surface area contributed by atoms with E-state index in [1.165, 1.54) is 6.42 Å². The van der Waals surface area contributed by atoms with Crippen molar-refractivity contribution in [1.82, 2.24) is 4.98 Å². The maximum absolute atomic E-state index is 10.0. The fourth-order valence-corrected chi connectivity index (χ4v) is 3.07. The molecule has 4 rings (SSSR count). The summed E-state index contributed by atoms with van der Waals surface area (Å²) >= 11 is 0. The van der Waals surface area contributed by atoms with Gasteiger partial charge in [0.2, 0.25) is 0 Å². The number of benzene rings is 1. The predicted molar refractivity (Wildman–Crippen MR) is 90.4 cm³/mol. The lowest BCUT2D eigenvalue weighted by Crippen LogP contribution is -2.42. The van der Waals surface area contributed by atoms with Crippen LogP contribution >= 0.6 is 0 Å². The van der Waals surface area contributed by atoms with E-state index in [9.17, 15) is 10.2 Å². The van der Waals surface area contributed by atoms with Crippen LogP contribution in [0.25, 0.3) is 10.9 Å². The van der Waals surface area contributed by atoms with E-state index in [4.69, 9.17) is 14.5 Å². The van der Waals surface area contributed by atoms with Crippen molar-refractivity contribution in [3.8, 4) is 5.75 Å². The highest BCUT2D eigenvalue weighted by atomic mass is 16.6. The molecular weight excluding hydrogens is 308 g/mol. The maximum atomic E-state index is 10.0. The molecule has 0 radical (unpaired) electrons. The third-order valence-electron chi connectivity index (χ3n) is 4.82. The van der Waals surface area contributed by atoms with Crippen LogP contribution in [0.15, 0.2) is 30.3 Å². The first kappa shape index (κ1) is 15.6. The lowest BCUT2D eigenvalue weighted by atomic mass is 10.00. The molecule has 3 unspecified atom stereocenters. The first-order chi connectivity index (χ1) is 11.5. The van der Waals surface area contributed by atoms with Gasteiger partial charge in [0.25, 0.3) is 0 Å². The number of anilines is 1. The van der Waals surface area contributed by atoms with Gasteiger partial charge in [-0.15, -0.1) is 0 Å². The summed E-state index contributed by atoms with van der Waals surface area (Å²) in [6.07, 6.45) is -0.263. The molecule has 0 spiro atoms. The third-order valence-corrected chi connectivity index (χ3v) is 4.82. The van der Waals surface area contributed by atoms with Crippen LogP contribution in [-0.4, -0.2) is 59.3 Å². The minimum Gasteiger partial charge on any atom is -0.491 e. The van der Waals surface area contributed by atoms with Crippen LogP contribution in [-0.2, 0) is 4.74 Å². The molecule has 2 aromatic rings. The van der Waals surface area contributed by atoms with Crippen LogP contribution in [0, 0.1) is 0 Å². The van der Waals surface area contributed by atoms with Gasteiger partial charge in [-0.3, -0.25) is 0 Å². The van der Waals surface area contributed by atoms with E-state index in [0.717, 1.165) is 29.8 Å². The number of pyridine rings is 1. The summed E-state index contributed by atoms with van der Waals surface area (Å²) in [5.74, 6) is 1.68. The lowest BCUT2D eigenvalue weighted by Gasteiger charge is -2.32. The Hall–Kier alpha value is -1.89. The fourth-order valence-electron chi connectivity index (χ4n) is 3.07. The highest BCUT2D eigenvalue weighted by Crippen LogP contribution is 2.27. The SMILES string of the molecule is CC1(O)COC(COc2ccc3ccc(N4CCC4)nc3c2)C1O. The van der Waals surface area contributed by atoms with Crippen LogP contribution in [0.3, 0.4) is 0 Å². The second-order valence-corrected chi connectivity index (χ2v) is 6.83. The molecule has 2 aliphatic heterocycles. The van der Waals surface area contributed by atoms with E-state index in [2.05, 4.69) is 11.0 Å². The zero-order chi connectivity index (χ0) is 16.7. The number of aromatic nitrogens is 1. The van der Waals surface area contributed by atoms with Gasteiger partial charge in [0, 0.05) is 24.5 Å². The van der Waals surface area contributed by atoms with Crippen molar-refractivity contribution in [3.63, 3.8) is 0 Å². The van der Waals surface area contributed by atoms with Gasteiger partial charge in [0.1, 0.15) is 36.0 Å². The largest absolute Gasteiger partial charge is 0.491 e. The Morgan fingerprint density at radius 3 is 2.79 bits per heavy atom. The second-order valence-electron chi connectivity index (χ2n) is 6.83. The molecule has 6 heteroatoms. The van der Waals surface area contributed by atoms with Crippen molar-refractivity contribution in [2.45, 2.75) is 31.2 Å². The zero-order valence-corrected chi connectivity index (χ0v) is 13.7. The van der Waals surface area contributed by atoms with Crippen LogP contribution in [0.4, 0.5) is 5.82 Å². The molecule has 1 aromatic carbocycles. The normalized spacial score (nSPS) is 29.7. The van der Waals surface area contributed by atoms with E-state index >= 15 is 0 Å². The molecule has 2 aliphatic rings. The molecular formula is C18H22N2O4. The van der Waals surface area contributed by atoms with Crippen molar-refractivity contribution in [2.75, 3.05) is 31.2 Å². The number of ether oxygens (including phenoxy) is 2. The number of hydrogen-bond acceptors (Lipinski definition) is 6. The Labute approximate surface area is 140 Å². The summed E-state index contributed by atoms with van der Waals surface area (Å²) in [7, 11) is 0. The van der Waals surface area contributed by atoms with E-state index in [1.54, 1.807) is 6.92 Å². The van der Waals surface area contributed by atoms with Gasteiger partial charge in [-0.05, 0) is 37.6 Å². The highest BCUT2D eigenvalue weighted by molar-refractivity contribution is 5.81. The summed E-state index contributed by atoms with van der Waals surface area (Å²) < 4.78 is 11.2. The van der Waals surface area contributed by atoms with Gasteiger partial charge >= 0.3 is 0 Å². The Morgan fingerprint density at radius 2 is 2.12 bits per heavy atom. The molecule has 1 aromatic heterocycles. The van der Waals surface area contributed by atoms with E-state index in [0.29, 0.717) is 5.75 Å². The maximum Gasteiger partial charge on any atom is 0.129 e. The summed E-state index contributed by atoms with van der Waals surface area (Å²) in [5.41, 5.74) is -0.331. The monoisotopic (exact) mass is 330 g/mol.